The van der Waals surface area contributed by atoms with E-state index in [4.69, 9.17) is 18.0 Å². The van der Waals surface area contributed by atoms with Crippen molar-refractivity contribution in [2.24, 2.45) is 5.73 Å². The molecule has 104 valence electrons. The maximum atomic E-state index is 14.3. The molecule has 0 aliphatic heterocycles. The molecule has 2 nitrogen and oxygen atoms in total. The summed E-state index contributed by atoms with van der Waals surface area (Å²) in [5, 5.41) is 0. The van der Waals surface area contributed by atoms with Crippen LogP contribution in [-0.4, -0.2) is 12.0 Å². The fraction of sp³-hybridized carbons (Fsp3) is 0.188. The number of aryl methyl sites for hydroxylation is 1. The topological polar surface area (TPSA) is 29.3 Å². The van der Waals surface area contributed by atoms with Crippen molar-refractivity contribution >= 4 is 22.9 Å². The second-order valence-electron chi connectivity index (χ2n) is 4.79. The van der Waals surface area contributed by atoms with Gasteiger partial charge in [-0.1, -0.05) is 42.5 Å². The van der Waals surface area contributed by atoms with Gasteiger partial charge in [0.05, 0.1) is 0 Å². The number of para-hydroxylation sites is 1. The summed E-state index contributed by atoms with van der Waals surface area (Å²) in [5.74, 6) is -0.333. The Bertz CT molecular complexity index is 640. The summed E-state index contributed by atoms with van der Waals surface area (Å²) in [6.07, 6.45) is 0. The number of thiocarbonyl (C=S) groups is 1. The van der Waals surface area contributed by atoms with Crippen LogP contribution < -0.4 is 10.6 Å². The van der Waals surface area contributed by atoms with E-state index in [2.05, 4.69) is 0 Å². The summed E-state index contributed by atoms with van der Waals surface area (Å²) in [5.41, 5.74) is 8.64. The first-order valence-corrected chi connectivity index (χ1v) is 6.75. The standard InChI is InChI=1S/C16H17FN2S/c1-11-6-3-4-9-14(11)19(2)10-12-7-5-8-13(15(12)17)16(18)20/h3-9H,10H2,1-2H3,(H2,18,20). The highest BCUT2D eigenvalue weighted by molar-refractivity contribution is 7.80. The molecule has 0 bridgehead atoms. The molecule has 0 aromatic heterocycles. The lowest BCUT2D eigenvalue weighted by atomic mass is 10.1. The third kappa shape index (κ3) is 2.96. The lowest BCUT2D eigenvalue weighted by molar-refractivity contribution is 0.605. The van der Waals surface area contributed by atoms with Crippen molar-refractivity contribution in [3.05, 3.63) is 65.0 Å². The Morgan fingerprint density at radius 1 is 1.20 bits per heavy atom. The largest absolute Gasteiger partial charge is 0.389 e. The maximum Gasteiger partial charge on any atom is 0.138 e. The Morgan fingerprint density at radius 3 is 2.55 bits per heavy atom. The van der Waals surface area contributed by atoms with E-state index in [-0.39, 0.29) is 10.8 Å². The van der Waals surface area contributed by atoms with Crippen molar-refractivity contribution in [1.82, 2.24) is 0 Å². The molecule has 0 spiro atoms. The Labute approximate surface area is 124 Å². The van der Waals surface area contributed by atoms with Crippen LogP contribution in [-0.2, 0) is 6.54 Å². The van der Waals surface area contributed by atoms with Crippen LogP contribution >= 0.6 is 12.2 Å². The molecule has 0 saturated carbocycles. The smallest absolute Gasteiger partial charge is 0.138 e. The van der Waals surface area contributed by atoms with E-state index in [0.717, 1.165) is 11.3 Å². The highest BCUT2D eigenvalue weighted by Crippen LogP contribution is 2.22. The number of anilines is 1. The maximum absolute atomic E-state index is 14.3. The molecule has 4 heteroatoms. The van der Waals surface area contributed by atoms with Crippen LogP contribution in [0.25, 0.3) is 0 Å². The van der Waals surface area contributed by atoms with Crippen molar-refractivity contribution in [3.8, 4) is 0 Å². The molecule has 2 aromatic carbocycles. The third-order valence-electron chi connectivity index (χ3n) is 3.28. The molecule has 0 saturated heterocycles. The Morgan fingerprint density at radius 2 is 1.90 bits per heavy atom. The first kappa shape index (κ1) is 14.5. The van der Waals surface area contributed by atoms with Crippen LogP contribution in [0.5, 0.6) is 0 Å². The number of halogens is 1. The second kappa shape index (κ2) is 6.01. The average Bonchev–Trinajstić information content (AvgIpc) is 2.41. The van der Waals surface area contributed by atoms with Crippen molar-refractivity contribution in [2.45, 2.75) is 13.5 Å². The quantitative estimate of drug-likeness (QED) is 0.874. The van der Waals surface area contributed by atoms with Gasteiger partial charge < -0.3 is 10.6 Å². The predicted molar refractivity (Wildman–Crippen MR) is 85.6 cm³/mol. The molecule has 0 atom stereocenters. The molecule has 2 aromatic rings. The second-order valence-corrected chi connectivity index (χ2v) is 5.23. The van der Waals surface area contributed by atoms with Gasteiger partial charge in [-0.05, 0) is 24.6 Å². The minimum Gasteiger partial charge on any atom is -0.389 e. The van der Waals surface area contributed by atoms with Gasteiger partial charge in [0.1, 0.15) is 10.8 Å². The lowest BCUT2D eigenvalue weighted by Crippen LogP contribution is -2.20. The molecule has 0 aliphatic rings. The normalized spacial score (nSPS) is 10.3. The molecule has 0 aliphatic carbocycles. The van der Waals surface area contributed by atoms with Crippen molar-refractivity contribution in [1.29, 1.82) is 0 Å². The highest BCUT2D eigenvalue weighted by Gasteiger charge is 2.12. The first-order valence-electron chi connectivity index (χ1n) is 6.34. The predicted octanol–water partition coefficient (Wildman–Crippen LogP) is 3.40. The van der Waals surface area contributed by atoms with Crippen LogP contribution in [0.15, 0.2) is 42.5 Å². The molecule has 2 N–H and O–H groups in total. The lowest BCUT2D eigenvalue weighted by Gasteiger charge is -2.22. The highest BCUT2D eigenvalue weighted by atomic mass is 32.1. The number of nitrogens with zero attached hydrogens (tertiary/aromatic N) is 1. The van der Waals surface area contributed by atoms with E-state index in [0.29, 0.717) is 17.7 Å². The Hall–Kier alpha value is -1.94. The van der Waals surface area contributed by atoms with E-state index in [9.17, 15) is 4.39 Å². The van der Waals surface area contributed by atoms with E-state index in [1.165, 1.54) is 0 Å². The van der Waals surface area contributed by atoms with Gasteiger partial charge in [-0.15, -0.1) is 0 Å². The molecule has 2 rings (SSSR count). The molecule has 0 fully saturated rings. The van der Waals surface area contributed by atoms with Gasteiger partial charge in [-0.3, -0.25) is 0 Å². The summed E-state index contributed by atoms with van der Waals surface area (Å²) < 4.78 is 14.3. The van der Waals surface area contributed by atoms with Crippen LogP contribution in [0, 0.1) is 12.7 Å². The van der Waals surface area contributed by atoms with Gasteiger partial charge >= 0.3 is 0 Å². The minimum atomic E-state index is -0.333. The Balaban J connectivity index is 2.29. The van der Waals surface area contributed by atoms with Crippen LogP contribution in [0.2, 0.25) is 0 Å². The number of rotatable bonds is 4. The van der Waals surface area contributed by atoms with Crippen molar-refractivity contribution < 1.29 is 4.39 Å². The zero-order valence-corrected chi connectivity index (χ0v) is 12.4. The van der Waals surface area contributed by atoms with E-state index < -0.39 is 0 Å². The average molecular weight is 288 g/mol. The molecular weight excluding hydrogens is 271 g/mol. The molecule has 0 radical (unpaired) electrons. The minimum absolute atomic E-state index is 0.0860. The molecule has 20 heavy (non-hydrogen) atoms. The van der Waals surface area contributed by atoms with Gasteiger partial charge in [0.25, 0.3) is 0 Å². The molecule has 0 amide bonds. The van der Waals surface area contributed by atoms with Crippen LogP contribution in [0.4, 0.5) is 10.1 Å². The zero-order valence-electron chi connectivity index (χ0n) is 11.6. The number of benzene rings is 2. The summed E-state index contributed by atoms with van der Waals surface area (Å²) in [6, 6.07) is 13.2. The first-order chi connectivity index (χ1) is 9.50. The van der Waals surface area contributed by atoms with Crippen molar-refractivity contribution in [2.75, 3.05) is 11.9 Å². The SMILES string of the molecule is Cc1ccccc1N(C)Cc1cccc(C(N)=S)c1F. The number of hydrogen-bond acceptors (Lipinski definition) is 2. The van der Waals surface area contributed by atoms with Crippen LogP contribution in [0.3, 0.4) is 0 Å². The summed E-state index contributed by atoms with van der Waals surface area (Å²) in [6.45, 7) is 2.50. The van der Waals surface area contributed by atoms with E-state index >= 15 is 0 Å². The number of hydrogen-bond donors (Lipinski definition) is 1. The van der Waals surface area contributed by atoms with Gasteiger partial charge in [0, 0.05) is 30.4 Å². The fourth-order valence-electron chi connectivity index (χ4n) is 2.22. The van der Waals surface area contributed by atoms with Crippen LogP contribution in [0.1, 0.15) is 16.7 Å². The summed E-state index contributed by atoms with van der Waals surface area (Å²) in [7, 11) is 1.94. The zero-order chi connectivity index (χ0) is 14.7. The van der Waals surface area contributed by atoms with Gasteiger partial charge in [0.15, 0.2) is 0 Å². The van der Waals surface area contributed by atoms with Gasteiger partial charge in [-0.2, -0.15) is 0 Å². The van der Waals surface area contributed by atoms with Crippen molar-refractivity contribution in [3.63, 3.8) is 0 Å². The third-order valence-corrected chi connectivity index (χ3v) is 3.50. The summed E-state index contributed by atoms with van der Waals surface area (Å²) in [4.78, 5) is 2.10. The monoisotopic (exact) mass is 288 g/mol. The number of nitrogens with two attached hydrogens (primary N) is 1. The fourth-order valence-corrected chi connectivity index (χ4v) is 2.38. The molecular formula is C16H17FN2S. The summed E-state index contributed by atoms with van der Waals surface area (Å²) >= 11 is 4.86. The van der Waals surface area contributed by atoms with E-state index in [1.807, 2.05) is 43.1 Å². The van der Waals surface area contributed by atoms with Gasteiger partial charge in [0.2, 0.25) is 0 Å². The van der Waals surface area contributed by atoms with Gasteiger partial charge in [-0.25, -0.2) is 4.39 Å². The molecule has 0 unspecified atom stereocenters. The Kier molecular flexibility index (Phi) is 4.35. The van der Waals surface area contributed by atoms with E-state index in [1.54, 1.807) is 18.2 Å². The molecule has 0 heterocycles.